The summed E-state index contributed by atoms with van der Waals surface area (Å²) in [6.45, 7) is 3.39. The van der Waals surface area contributed by atoms with Gasteiger partial charge in [-0.05, 0) is 12.5 Å². The molecule has 11 nitrogen and oxygen atoms in total. The second kappa shape index (κ2) is 10.2. The highest BCUT2D eigenvalue weighted by Gasteiger charge is 2.32. The van der Waals surface area contributed by atoms with Crippen LogP contribution in [0, 0.1) is 5.82 Å². The van der Waals surface area contributed by atoms with Crippen LogP contribution in [0.15, 0.2) is 36.7 Å². The first-order valence-corrected chi connectivity index (χ1v) is 11.9. The van der Waals surface area contributed by atoms with E-state index in [2.05, 4.69) is 25.4 Å². The number of fused-ring (bicyclic) bond motifs is 1. The van der Waals surface area contributed by atoms with Crippen LogP contribution >= 0.6 is 0 Å². The zero-order valence-electron chi connectivity index (χ0n) is 20.3. The van der Waals surface area contributed by atoms with Gasteiger partial charge in [-0.2, -0.15) is 5.10 Å². The second-order valence-electron chi connectivity index (χ2n) is 9.15. The van der Waals surface area contributed by atoms with Crippen molar-refractivity contribution >= 4 is 17.6 Å². The van der Waals surface area contributed by atoms with E-state index in [4.69, 9.17) is 4.74 Å². The minimum absolute atomic E-state index is 0.0761. The van der Waals surface area contributed by atoms with Crippen LogP contribution in [-0.2, 0) is 29.0 Å². The summed E-state index contributed by atoms with van der Waals surface area (Å²) in [6, 6.07) is 7.55. The molecule has 5 rings (SSSR count). The standard InChI is InChI=1S/C24H29FN8O3/c1-30-21-11-17(7-9-31-13-18(14-31)36-2)28-33(21)10-8-20(24(30)35)27-23(34)22-26-15-32(29-22)12-16-5-3-4-6-19(16)25/h3-6,11,15,18,20H,7-10,12-14H2,1-2H3,(H,27,34). The minimum atomic E-state index is -0.738. The lowest BCUT2D eigenvalue weighted by Gasteiger charge is -2.37. The smallest absolute Gasteiger partial charge is 0.291 e. The van der Waals surface area contributed by atoms with Crippen molar-refractivity contribution < 1.29 is 18.7 Å². The molecule has 36 heavy (non-hydrogen) atoms. The Balaban J connectivity index is 1.18. The summed E-state index contributed by atoms with van der Waals surface area (Å²) in [5.74, 6) is -0.514. The van der Waals surface area contributed by atoms with E-state index in [9.17, 15) is 14.0 Å². The lowest BCUT2D eigenvalue weighted by Crippen LogP contribution is -2.52. The topological polar surface area (TPSA) is 110 Å². The highest BCUT2D eigenvalue weighted by Crippen LogP contribution is 2.22. The van der Waals surface area contributed by atoms with Crippen LogP contribution in [0.1, 0.15) is 28.3 Å². The first-order chi connectivity index (χ1) is 17.4. The molecule has 3 aromatic rings. The molecule has 2 aliphatic heterocycles. The average molecular weight is 497 g/mol. The predicted octanol–water partition coefficient (Wildman–Crippen LogP) is 0.700. The van der Waals surface area contributed by atoms with Crippen molar-refractivity contribution in [1.29, 1.82) is 0 Å². The van der Waals surface area contributed by atoms with Crippen molar-refractivity contribution in [2.24, 2.45) is 0 Å². The summed E-state index contributed by atoms with van der Waals surface area (Å²) in [5, 5.41) is 11.6. The molecule has 1 atom stereocenters. The van der Waals surface area contributed by atoms with Gasteiger partial charge in [-0.1, -0.05) is 18.2 Å². The Hall–Kier alpha value is -3.64. The lowest BCUT2D eigenvalue weighted by atomic mass is 10.1. The van der Waals surface area contributed by atoms with Gasteiger partial charge in [0, 0.05) is 58.4 Å². The van der Waals surface area contributed by atoms with Crippen molar-refractivity contribution in [3.05, 3.63) is 59.6 Å². The maximum Gasteiger partial charge on any atom is 0.291 e. The minimum Gasteiger partial charge on any atom is -0.379 e. The van der Waals surface area contributed by atoms with E-state index < -0.39 is 11.9 Å². The van der Waals surface area contributed by atoms with Crippen molar-refractivity contribution in [3.8, 4) is 0 Å². The number of methoxy groups -OCH3 is 1. The van der Waals surface area contributed by atoms with Gasteiger partial charge in [0.2, 0.25) is 5.82 Å². The molecule has 2 amide bonds. The Morgan fingerprint density at radius 1 is 1.25 bits per heavy atom. The molecule has 190 valence electrons. The van der Waals surface area contributed by atoms with Gasteiger partial charge in [0.1, 0.15) is 24.0 Å². The van der Waals surface area contributed by atoms with Crippen LogP contribution in [0.4, 0.5) is 10.2 Å². The molecular formula is C24H29FN8O3. The number of nitrogens with zero attached hydrogens (tertiary/aromatic N) is 7. The normalized spacial score (nSPS) is 18.6. The first kappa shape index (κ1) is 24.1. The number of halogens is 1. The monoisotopic (exact) mass is 496 g/mol. The number of aryl methyl sites for hydroxylation is 1. The van der Waals surface area contributed by atoms with Crippen molar-refractivity contribution in [3.63, 3.8) is 0 Å². The molecule has 4 heterocycles. The van der Waals surface area contributed by atoms with Gasteiger partial charge in [-0.3, -0.25) is 19.4 Å². The summed E-state index contributed by atoms with van der Waals surface area (Å²) in [4.78, 5) is 33.8. The van der Waals surface area contributed by atoms with Crippen LogP contribution in [0.2, 0.25) is 0 Å². The number of benzene rings is 1. The Labute approximate surface area is 207 Å². The molecule has 1 unspecified atom stereocenters. The number of amides is 2. The number of carbonyl (C=O) groups excluding carboxylic acids is 2. The van der Waals surface area contributed by atoms with Crippen LogP contribution in [0.5, 0.6) is 0 Å². The van der Waals surface area contributed by atoms with Crippen LogP contribution < -0.4 is 10.2 Å². The van der Waals surface area contributed by atoms with Gasteiger partial charge in [0.05, 0.1) is 18.3 Å². The van der Waals surface area contributed by atoms with Gasteiger partial charge >= 0.3 is 0 Å². The fourth-order valence-electron chi connectivity index (χ4n) is 4.50. The SMILES string of the molecule is COC1CN(CCc2cc3n(n2)CCC(NC(=O)c2ncn(Cc4ccccc4F)n2)C(=O)N3C)C1. The number of ether oxygens (including phenoxy) is 1. The van der Waals surface area contributed by atoms with E-state index >= 15 is 0 Å². The maximum absolute atomic E-state index is 13.9. The molecule has 12 heteroatoms. The molecule has 0 bridgehead atoms. The Bertz CT molecular complexity index is 1250. The van der Waals surface area contributed by atoms with Gasteiger partial charge in [0.15, 0.2) is 0 Å². The highest BCUT2D eigenvalue weighted by atomic mass is 19.1. The lowest BCUT2D eigenvalue weighted by molar-refractivity contribution is -0.120. The van der Waals surface area contributed by atoms with E-state index in [1.807, 2.05) is 10.7 Å². The highest BCUT2D eigenvalue weighted by molar-refractivity contribution is 6.00. The number of rotatable bonds is 8. The molecule has 0 radical (unpaired) electrons. The molecular weight excluding hydrogens is 467 g/mol. The first-order valence-electron chi connectivity index (χ1n) is 11.9. The quantitative estimate of drug-likeness (QED) is 0.489. The Morgan fingerprint density at radius 2 is 2.06 bits per heavy atom. The summed E-state index contributed by atoms with van der Waals surface area (Å²) >= 11 is 0. The molecule has 2 aromatic heterocycles. The predicted molar refractivity (Wildman–Crippen MR) is 128 cm³/mol. The van der Waals surface area contributed by atoms with Crippen molar-refractivity contribution in [2.75, 3.05) is 38.7 Å². The van der Waals surface area contributed by atoms with E-state index in [1.165, 1.54) is 22.0 Å². The largest absolute Gasteiger partial charge is 0.379 e. The van der Waals surface area contributed by atoms with E-state index in [1.54, 1.807) is 32.4 Å². The zero-order chi connectivity index (χ0) is 25.2. The molecule has 0 aliphatic carbocycles. The zero-order valence-corrected chi connectivity index (χ0v) is 20.3. The molecule has 1 saturated heterocycles. The Morgan fingerprint density at radius 3 is 2.83 bits per heavy atom. The third-order valence-corrected chi connectivity index (χ3v) is 6.69. The number of likely N-dealkylation sites (N-methyl/N-ethyl adjacent to an activating group) is 1. The number of anilines is 1. The summed E-state index contributed by atoms with van der Waals surface area (Å²) < 4.78 is 22.4. The van der Waals surface area contributed by atoms with Gasteiger partial charge < -0.3 is 10.1 Å². The average Bonchev–Trinajstić information content (AvgIpc) is 3.46. The molecule has 1 aromatic carbocycles. The van der Waals surface area contributed by atoms with Crippen LogP contribution in [-0.4, -0.2) is 87.2 Å². The summed E-state index contributed by atoms with van der Waals surface area (Å²) in [7, 11) is 3.42. The third-order valence-electron chi connectivity index (χ3n) is 6.69. The fourth-order valence-corrected chi connectivity index (χ4v) is 4.50. The van der Waals surface area contributed by atoms with Crippen LogP contribution in [0.3, 0.4) is 0 Å². The number of hydrogen-bond donors (Lipinski definition) is 1. The number of carbonyl (C=O) groups is 2. The summed E-state index contributed by atoms with van der Waals surface area (Å²) in [6.07, 6.45) is 2.87. The number of hydrogen-bond acceptors (Lipinski definition) is 7. The van der Waals surface area contributed by atoms with Crippen molar-refractivity contribution in [2.45, 2.75) is 38.1 Å². The second-order valence-corrected chi connectivity index (χ2v) is 9.15. The molecule has 1 N–H and O–H groups in total. The van der Waals surface area contributed by atoms with E-state index in [0.717, 1.165) is 31.7 Å². The van der Waals surface area contributed by atoms with E-state index in [0.29, 0.717) is 30.5 Å². The van der Waals surface area contributed by atoms with Gasteiger partial charge in [0.25, 0.3) is 11.8 Å². The molecule has 1 fully saturated rings. The van der Waals surface area contributed by atoms with Gasteiger partial charge in [-0.25, -0.2) is 18.7 Å². The number of nitrogens with one attached hydrogen (secondary N) is 1. The molecule has 0 saturated carbocycles. The van der Waals surface area contributed by atoms with Crippen LogP contribution in [0.25, 0.3) is 0 Å². The molecule has 0 spiro atoms. The van der Waals surface area contributed by atoms with E-state index in [-0.39, 0.29) is 24.1 Å². The summed E-state index contributed by atoms with van der Waals surface area (Å²) in [5.41, 5.74) is 1.37. The number of likely N-dealkylation sites (tertiary alicyclic amines) is 1. The third kappa shape index (κ3) is 5.00. The van der Waals surface area contributed by atoms with Crippen molar-refractivity contribution in [1.82, 2.24) is 34.8 Å². The molecule has 2 aliphatic rings. The number of aromatic nitrogens is 5. The van der Waals surface area contributed by atoms with Gasteiger partial charge in [-0.15, -0.1) is 5.10 Å². The fraction of sp³-hybridized carbons (Fsp3) is 0.458. The Kier molecular flexibility index (Phi) is 6.79. The maximum atomic E-state index is 13.9.